The molecule has 2 aromatic rings. The molecule has 0 saturated heterocycles. The molecule has 1 amide bonds. The fourth-order valence-corrected chi connectivity index (χ4v) is 3.94. The lowest BCUT2D eigenvalue weighted by Gasteiger charge is -2.09. The summed E-state index contributed by atoms with van der Waals surface area (Å²) in [6, 6.07) is 6.97. The van der Waals surface area contributed by atoms with Crippen molar-refractivity contribution in [3.05, 3.63) is 50.8 Å². The zero-order chi connectivity index (χ0) is 15.5. The normalized spacial score (nSPS) is 13.2. The molecule has 1 N–H and O–H groups in total. The van der Waals surface area contributed by atoms with Crippen molar-refractivity contribution in [2.45, 2.75) is 32.2 Å². The minimum atomic E-state index is -0.289. The molecule has 0 bridgehead atoms. The van der Waals surface area contributed by atoms with Crippen molar-refractivity contribution in [2.24, 2.45) is 0 Å². The first-order chi connectivity index (χ1) is 10.7. The molecule has 0 aromatic carbocycles. The number of fused-ring (bicyclic) bond motifs is 1. The van der Waals surface area contributed by atoms with Crippen molar-refractivity contribution in [1.82, 2.24) is 4.57 Å². The lowest BCUT2D eigenvalue weighted by atomic mass is 9.96. The van der Waals surface area contributed by atoms with Gasteiger partial charge in [0.1, 0.15) is 17.6 Å². The molecule has 0 atom stereocenters. The number of nitriles is 1. The SMILES string of the molecule is N#Cc1c(NC(=O)Cn2ccccc2=O)sc2c1CCCC2. The van der Waals surface area contributed by atoms with E-state index < -0.39 is 0 Å². The van der Waals surface area contributed by atoms with E-state index >= 15 is 0 Å². The number of nitrogens with zero attached hydrogens (tertiary/aromatic N) is 2. The van der Waals surface area contributed by atoms with Gasteiger partial charge < -0.3 is 9.88 Å². The fraction of sp³-hybridized carbons (Fsp3) is 0.312. The molecule has 3 rings (SSSR count). The summed E-state index contributed by atoms with van der Waals surface area (Å²) in [6.45, 7) is -0.0485. The Hall–Kier alpha value is -2.39. The Bertz CT molecular complexity index is 814. The van der Waals surface area contributed by atoms with E-state index in [0.717, 1.165) is 31.2 Å². The molecule has 0 aliphatic heterocycles. The summed E-state index contributed by atoms with van der Waals surface area (Å²) < 4.78 is 1.34. The molecule has 1 aliphatic rings. The van der Waals surface area contributed by atoms with E-state index in [-0.39, 0.29) is 18.0 Å². The van der Waals surface area contributed by atoms with E-state index in [1.54, 1.807) is 18.3 Å². The molecule has 0 radical (unpaired) electrons. The van der Waals surface area contributed by atoms with Crippen molar-refractivity contribution < 1.29 is 4.79 Å². The van der Waals surface area contributed by atoms with Crippen LogP contribution in [0.2, 0.25) is 0 Å². The van der Waals surface area contributed by atoms with Crippen molar-refractivity contribution in [3.8, 4) is 6.07 Å². The maximum Gasteiger partial charge on any atom is 0.250 e. The van der Waals surface area contributed by atoms with E-state index in [1.807, 2.05) is 0 Å². The van der Waals surface area contributed by atoms with Crippen LogP contribution in [-0.2, 0) is 24.2 Å². The van der Waals surface area contributed by atoms with Gasteiger partial charge in [-0.1, -0.05) is 6.07 Å². The number of anilines is 1. The van der Waals surface area contributed by atoms with Gasteiger partial charge in [-0.25, -0.2) is 0 Å². The second kappa shape index (κ2) is 6.16. The Morgan fingerprint density at radius 1 is 1.36 bits per heavy atom. The first-order valence-corrected chi connectivity index (χ1v) is 8.00. The van der Waals surface area contributed by atoms with Crippen LogP contribution in [0.15, 0.2) is 29.2 Å². The van der Waals surface area contributed by atoms with Crippen LogP contribution in [0.25, 0.3) is 0 Å². The van der Waals surface area contributed by atoms with Crippen LogP contribution in [0.5, 0.6) is 0 Å². The van der Waals surface area contributed by atoms with Gasteiger partial charge in [-0.3, -0.25) is 9.59 Å². The molecule has 1 aliphatic carbocycles. The van der Waals surface area contributed by atoms with Crippen molar-refractivity contribution in [1.29, 1.82) is 5.26 Å². The largest absolute Gasteiger partial charge is 0.315 e. The third kappa shape index (κ3) is 2.81. The van der Waals surface area contributed by atoms with Crippen LogP contribution in [0.3, 0.4) is 0 Å². The van der Waals surface area contributed by atoms with Crippen LogP contribution in [0.1, 0.15) is 28.8 Å². The third-order valence-corrected chi connectivity index (χ3v) is 4.96. The fourth-order valence-electron chi connectivity index (χ4n) is 2.68. The summed E-state index contributed by atoms with van der Waals surface area (Å²) in [5.74, 6) is -0.289. The maximum absolute atomic E-state index is 12.1. The van der Waals surface area contributed by atoms with Gasteiger partial charge in [0.2, 0.25) is 5.91 Å². The highest BCUT2D eigenvalue weighted by atomic mass is 32.1. The van der Waals surface area contributed by atoms with Gasteiger partial charge >= 0.3 is 0 Å². The quantitative estimate of drug-likeness (QED) is 0.944. The highest BCUT2D eigenvalue weighted by Gasteiger charge is 2.21. The van der Waals surface area contributed by atoms with Gasteiger partial charge in [-0.2, -0.15) is 5.26 Å². The minimum Gasteiger partial charge on any atom is -0.315 e. The molecule has 0 saturated carbocycles. The average molecular weight is 313 g/mol. The molecule has 0 unspecified atom stereocenters. The van der Waals surface area contributed by atoms with Crippen molar-refractivity contribution >= 4 is 22.2 Å². The van der Waals surface area contributed by atoms with Gasteiger partial charge in [-0.15, -0.1) is 11.3 Å². The van der Waals surface area contributed by atoms with Crippen LogP contribution in [0.4, 0.5) is 5.00 Å². The highest BCUT2D eigenvalue weighted by molar-refractivity contribution is 7.16. The topological polar surface area (TPSA) is 74.9 Å². The molecule has 5 nitrogen and oxygen atoms in total. The predicted octanol–water partition coefficient (Wildman–Crippen LogP) is 2.30. The third-order valence-electron chi connectivity index (χ3n) is 3.75. The van der Waals surface area contributed by atoms with Crippen LogP contribution in [0, 0.1) is 11.3 Å². The van der Waals surface area contributed by atoms with Crippen molar-refractivity contribution in [3.63, 3.8) is 0 Å². The molecule has 0 spiro atoms. The van der Waals surface area contributed by atoms with E-state index in [1.165, 1.54) is 26.8 Å². The Kier molecular flexibility index (Phi) is 4.07. The average Bonchev–Trinajstić information content (AvgIpc) is 2.86. The number of nitrogens with one attached hydrogen (secondary N) is 1. The number of aromatic nitrogens is 1. The lowest BCUT2D eigenvalue weighted by molar-refractivity contribution is -0.116. The standard InChI is InChI=1S/C16H15N3O2S/c17-9-12-11-5-1-2-6-13(11)22-16(12)18-14(20)10-19-8-4-3-7-15(19)21/h3-4,7-8H,1-2,5-6,10H2,(H,18,20). The minimum absolute atomic E-state index is 0.0485. The second-order valence-corrected chi connectivity index (χ2v) is 6.35. The molecule has 112 valence electrons. The van der Waals surface area contributed by atoms with Crippen molar-refractivity contribution in [2.75, 3.05) is 5.32 Å². The Balaban J connectivity index is 1.80. The number of hydrogen-bond donors (Lipinski definition) is 1. The van der Waals surface area contributed by atoms with E-state index in [0.29, 0.717) is 10.6 Å². The number of rotatable bonds is 3. The maximum atomic E-state index is 12.1. The van der Waals surface area contributed by atoms with Gasteiger partial charge in [0.05, 0.1) is 5.56 Å². The lowest BCUT2D eigenvalue weighted by Crippen LogP contribution is -2.26. The number of carbonyl (C=O) groups is 1. The predicted molar refractivity (Wildman–Crippen MR) is 85.0 cm³/mol. The second-order valence-electron chi connectivity index (χ2n) is 5.24. The van der Waals surface area contributed by atoms with E-state index in [2.05, 4.69) is 11.4 Å². The number of carbonyl (C=O) groups excluding carboxylic acids is 1. The van der Waals surface area contributed by atoms with Gasteiger partial charge in [0.25, 0.3) is 5.56 Å². The molecule has 2 aromatic heterocycles. The number of hydrogen-bond acceptors (Lipinski definition) is 4. The molecule has 0 fully saturated rings. The number of aryl methyl sites for hydroxylation is 1. The first kappa shape index (κ1) is 14.5. The number of amides is 1. The first-order valence-electron chi connectivity index (χ1n) is 7.19. The highest BCUT2D eigenvalue weighted by Crippen LogP contribution is 2.37. The summed E-state index contributed by atoms with van der Waals surface area (Å²) in [7, 11) is 0. The Morgan fingerprint density at radius 2 is 2.18 bits per heavy atom. The molecule has 6 heteroatoms. The van der Waals surface area contributed by atoms with E-state index in [4.69, 9.17) is 0 Å². The summed E-state index contributed by atoms with van der Waals surface area (Å²) >= 11 is 1.49. The molecule has 2 heterocycles. The van der Waals surface area contributed by atoms with E-state index in [9.17, 15) is 14.9 Å². The van der Waals surface area contributed by atoms with Crippen LogP contribution >= 0.6 is 11.3 Å². The van der Waals surface area contributed by atoms with Crippen LogP contribution < -0.4 is 10.9 Å². The molecular formula is C16H15N3O2S. The monoisotopic (exact) mass is 313 g/mol. The van der Waals surface area contributed by atoms with Gasteiger partial charge in [-0.05, 0) is 37.3 Å². The van der Waals surface area contributed by atoms with Gasteiger partial charge in [0, 0.05) is 17.1 Å². The summed E-state index contributed by atoms with van der Waals surface area (Å²) in [5, 5.41) is 12.8. The smallest absolute Gasteiger partial charge is 0.250 e. The Morgan fingerprint density at radius 3 is 2.95 bits per heavy atom. The van der Waals surface area contributed by atoms with Gasteiger partial charge in [0.15, 0.2) is 0 Å². The zero-order valence-corrected chi connectivity index (χ0v) is 12.8. The molecule has 22 heavy (non-hydrogen) atoms. The summed E-state index contributed by atoms with van der Waals surface area (Å²) in [4.78, 5) is 25.0. The number of pyridine rings is 1. The summed E-state index contributed by atoms with van der Waals surface area (Å²) in [6.07, 6.45) is 5.67. The summed E-state index contributed by atoms with van der Waals surface area (Å²) in [5.41, 5.74) is 1.46. The Labute approximate surface area is 131 Å². The van der Waals surface area contributed by atoms with Crippen LogP contribution in [-0.4, -0.2) is 10.5 Å². The number of thiophene rings is 1. The molecular weight excluding hydrogens is 298 g/mol. The zero-order valence-electron chi connectivity index (χ0n) is 12.0.